The Hall–Kier alpha value is -3.02. The van der Waals surface area contributed by atoms with Gasteiger partial charge in [-0.3, -0.25) is 9.59 Å². The summed E-state index contributed by atoms with van der Waals surface area (Å²) in [6.45, 7) is 0.358. The van der Waals surface area contributed by atoms with Crippen LogP contribution in [-0.4, -0.2) is 36.6 Å². The highest BCUT2D eigenvalue weighted by molar-refractivity contribution is 6.02. The molecule has 3 N–H and O–H groups in total. The highest BCUT2D eigenvalue weighted by Crippen LogP contribution is 2.42. The second-order valence-electron chi connectivity index (χ2n) is 6.73. The Morgan fingerprint density at radius 2 is 1.96 bits per heavy atom. The lowest BCUT2D eigenvalue weighted by Gasteiger charge is -2.13. The minimum Gasteiger partial charge on any atom is -0.508 e. The third-order valence-corrected chi connectivity index (χ3v) is 4.81. The summed E-state index contributed by atoms with van der Waals surface area (Å²) in [6.07, 6.45) is 1.99. The molecule has 0 bridgehead atoms. The number of rotatable bonds is 4. The molecule has 2 aliphatic rings. The summed E-state index contributed by atoms with van der Waals surface area (Å²) in [7, 11) is 1.55. The maximum Gasteiger partial charge on any atom is 0.254 e. The topological polar surface area (TPSA) is 87.7 Å². The molecule has 1 atom stereocenters. The quantitative estimate of drug-likeness (QED) is 0.787. The van der Waals surface area contributed by atoms with E-state index in [1.54, 1.807) is 37.4 Å². The molecular weight excluding hydrogens is 332 g/mol. The van der Waals surface area contributed by atoms with Gasteiger partial charge in [-0.25, -0.2) is 0 Å². The minimum atomic E-state index is -0.293. The fourth-order valence-electron chi connectivity index (χ4n) is 3.28. The zero-order valence-corrected chi connectivity index (χ0v) is 14.4. The number of phenolic OH excluding ortho intramolecular Hbond substituents is 1. The number of fused-ring (bicyclic) bond motifs is 1. The van der Waals surface area contributed by atoms with E-state index in [-0.39, 0.29) is 29.5 Å². The largest absolute Gasteiger partial charge is 0.508 e. The van der Waals surface area contributed by atoms with Gasteiger partial charge < -0.3 is 20.5 Å². The predicted molar refractivity (Wildman–Crippen MR) is 95.8 cm³/mol. The average Bonchev–Trinajstić information content (AvgIpc) is 3.35. The van der Waals surface area contributed by atoms with Gasteiger partial charge >= 0.3 is 0 Å². The average molecular weight is 352 g/mol. The molecule has 1 aliphatic carbocycles. The number of amides is 2. The van der Waals surface area contributed by atoms with Gasteiger partial charge in [-0.05, 0) is 42.7 Å². The van der Waals surface area contributed by atoms with Crippen molar-refractivity contribution >= 4 is 11.8 Å². The molecule has 6 nitrogen and oxygen atoms in total. The van der Waals surface area contributed by atoms with E-state index in [0.717, 1.165) is 24.0 Å². The van der Waals surface area contributed by atoms with Crippen molar-refractivity contribution in [1.82, 2.24) is 10.6 Å². The zero-order valence-electron chi connectivity index (χ0n) is 14.4. The molecule has 0 aromatic heterocycles. The van der Waals surface area contributed by atoms with Gasteiger partial charge in [0.25, 0.3) is 11.8 Å². The molecule has 6 heteroatoms. The SMILES string of the molecule is CNC(=O)c1cc(C(=O)NC2CC2)cc2c1OC[C@H]2c1cccc(O)c1. The van der Waals surface area contributed by atoms with Gasteiger partial charge in [0, 0.05) is 30.1 Å². The normalized spacial score (nSPS) is 18.0. The Balaban J connectivity index is 1.78. The van der Waals surface area contributed by atoms with Crippen molar-refractivity contribution in [1.29, 1.82) is 0 Å². The summed E-state index contributed by atoms with van der Waals surface area (Å²) in [4.78, 5) is 24.8. The molecule has 1 aliphatic heterocycles. The van der Waals surface area contributed by atoms with Crippen molar-refractivity contribution in [3.05, 3.63) is 58.7 Å². The maximum absolute atomic E-state index is 12.5. The van der Waals surface area contributed by atoms with Crippen molar-refractivity contribution in [2.75, 3.05) is 13.7 Å². The van der Waals surface area contributed by atoms with Crippen molar-refractivity contribution < 1.29 is 19.4 Å². The molecular formula is C20H20N2O4. The van der Waals surface area contributed by atoms with Gasteiger partial charge in [0.1, 0.15) is 11.5 Å². The summed E-state index contributed by atoms with van der Waals surface area (Å²) < 4.78 is 5.81. The lowest BCUT2D eigenvalue weighted by atomic mass is 9.90. The number of carbonyl (C=O) groups is 2. The van der Waals surface area contributed by atoms with Crippen LogP contribution in [0.25, 0.3) is 0 Å². The van der Waals surface area contributed by atoms with E-state index in [1.807, 2.05) is 6.07 Å². The number of aromatic hydroxyl groups is 1. The van der Waals surface area contributed by atoms with Crippen LogP contribution in [0.1, 0.15) is 50.6 Å². The first-order chi connectivity index (χ1) is 12.6. The van der Waals surface area contributed by atoms with Crippen LogP contribution in [0.2, 0.25) is 0 Å². The second-order valence-corrected chi connectivity index (χ2v) is 6.73. The van der Waals surface area contributed by atoms with Gasteiger partial charge in [-0.15, -0.1) is 0 Å². The molecule has 0 radical (unpaired) electrons. The minimum absolute atomic E-state index is 0.144. The molecule has 2 amide bonds. The molecule has 0 spiro atoms. The summed E-state index contributed by atoms with van der Waals surface area (Å²) in [5, 5.41) is 15.3. The molecule has 2 aromatic carbocycles. The fourth-order valence-corrected chi connectivity index (χ4v) is 3.28. The van der Waals surface area contributed by atoms with Crippen LogP contribution in [0.5, 0.6) is 11.5 Å². The van der Waals surface area contributed by atoms with Crippen LogP contribution < -0.4 is 15.4 Å². The van der Waals surface area contributed by atoms with Crippen LogP contribution in [0.3, 0.4) is 0 Å². The first-order valence-corrected chi connectivity index (χ1v) is 8.69. The smallest absolute Gasteiger partial charge is 0.254 e. The van der Waals surface area contributed by atoms with Crippen LogP contribution in [0, 0.1) is 0 Å². The summed E-state index contributed by atoms with van der Waals surface area (Å²) in [6, 6.07) is 10.6. The Morgan fingerprint density at radius 1 is 1.15 bits per heavy atom. The highest BCUT2D eigenvalue weighted by atomic mass is 16.5. The number of hydrogen-bond acceptors (Lipinski definition) is 4. The van der Waals surface area contributed by atoms with Gasteiger partial charge in [0.05, 0.1) is 12.2 Å². The van der Waals surface area contributed by atoms with Crippen molar-refractivity contribution in [3.8, 4) is 11.5 Å². The first kappa shape index (κ1) is 16.4. The van der Waals surface area contributed by atoms with E-state index >= 15 is 0 Å². The molecule has 1 fully saturated rings. The number of hydrogen-bond donors (Lipinski definition) is 3. The lowest BCUT2D eigenvalue weighted by molar-refractivity contribution is 0.0951. The Kier molecular flexibility index (Phi) is 4.03. The zero-order chi connectivity index (χ0) is 18.3. The fraction of sp³-hybridized carbons (Fsp3) is 0.300. The van der Waals surface area contributed by atoms with Gasteiger partial charge in [-0.2, -0.15) is 0 Å². The molecule has 1 heterocycles. The van der Waals surface area contributed by atoms with Crippen molar-refractivity contribution in [2.45, 2.75) is 24.8 Å². The molecule has 0 unspecified atom stereocenters. The van der Waals surface area contributed by atoms with E-state index in [0.29, 0.717) is 23.5 Å². The molecule has 1 saturated carbocycles. The third kappa shape index (κ3) is 2.98. The number of benzene rings is 2. The highest BCUT2D eigenvalue weighted by Gasteiger charge is 2.32. The predicted octanol–water partition coefficient (Wildman–Crippen LogP) is 2.17. The van der Waals surface area contributed by atoms with Crippen molar-refractivity contribution in [2.24, 2.45) is 0 Å². The Bertz CT molecular complexity index is 889. The lowest BCUT2D eigenvalue weighted by Crippen LogP contribution is -2.26. The van der Waals surface area contributed by atoms with Crippen LogP contribution in [0.4, 0.5) is 0 Å². The summed E-state index contributed by atoms with van der Waals surface area (Å²) >= 11 is 0. The second kappa shape index (κ2) is 6.37. The van der Waals surface area contributed by atoms with Gasteiger partial charge in [-0.1, -0.05) is 12.1 Å². The van der Waals surface area contributed by atoms with Crippen molar-refractivity contribution in [3.63, 3.8) is 0 Å². The van der Waals surface area contributed by atoms with Crippen LogP contribution in [-0.2, 0) is 0 Å². The summed E-state index contributed by atoms with van der Waals surface area (Å²) in [5.41, 5.74) is 2.47. The molecule has 0 saturated heterocycles. The molecule has 2 aromatic rings. The third-order valence-electron chi connectivity index (χ3n) is 4.81. The maximum atomic E-state index is 12.5. The molecule has 26 heavy (non-hydrogen) atoms. The number of carbonyl (C=O) groups excluding carboxylic acids is 2. The summed E-state index contributed by atoms with van der Waals surface area (Å²) in [5.74, 6) is 0.0563. The Morgan fingerprint density at radius 3 is 2.65 bits per heavy atom. The standard InChI is InChI=1S/C20H20N2O4/c1-21-20(25)16-9-12(19(24)22-13-5-6-13)8-15-17(10-26-18(15)16)11-3-2-4-14(23)7-11/h2-4,7-9,13,17,23H,5-6,10H2,1H3,(H,21,25)(H,22,24)/t17-/m0/s1. The number of phenols is 1. The molecule has 4 rings (SSSR count). The van der Waals surface area contributed by atoms with E-state index in [4.69, 9.17) is 4.74 Å². The van der Waals surface area contributed by atoms with E-state index in [1.165, 1.54) is 0 Å². The monoisotopic (exact) mass is 352 g/mol. The van der Waals surface area contributed by atoms with E-state index in [2.05, 4.69) is 10.6 Å². The van der Waals surface area contributed by atoms with E-state index in [9.17, 15) is 14.7 Å². The number of nitrogens with one attached hydrogen (secondary N) is 2. The first-order valence-electron chi connectivity index (χ1n) is 8.69. The van der Waals surface area contributed by atoms with Gasteiger partial charge in [0.15, 0.2) is 0 Å². The van der Waals surface area contributed by atoms with Crippen LogP contribution >= 0.6 is 0 Å². The number of ether oxygens (including phenoxy) is 1. The molecule has 134 valence electrons. The Labute approximate surface area is 151 Å². The van der Waals surface area contributed by atoms with Crippen LogP contribution in [0.15, 0.2) is 36.4 Å². The van der Waals surface area contributed by atoms with E-state index < -0.39 is 0 Å². The van der Waals surface area contributed by atoms with Gasteiger partial charge in [0.2, 0.25) is 0 Å².